The number of ether oxygens (including phenoxy) is 2. The number of methoxy groups -OCH3 is 2. The smallest absolute Gasteiger partial charge is 0.223 e. The SMILES string of the molecule is COc1cc2c(cc1OC)[C@@H]1CCC(=O)CCC(=O)N1CC2. The number of carbonyl (C=O) groups is 2. The third-order valence-corrected chi connectivity index (χ3v) is 4.64. The third-order valence-electron chi connectivity index (χ3n) is 4.64. The van der Waals surface area contributed by atoms with Gasteiger partial charge in [0.05, 0.1) is 20.3 Å². The molecule has 2 heterocycles. The quantitative estimate of drug-likeness (QED) is 0.841. The Balaban J connectivity index is 2.02. The van der Waals surface area contributed by atoms with Crippen molar-refractivity contribution in [2.75, 3.05) is 20.8 Å². The van der Waals surface area contributed by atoms with Crippen molar-refractivity contribution in [3.05, 3.63) is 23.3 Å². The lowest BCUT2D eigenvalue weighted by molar-refractivity contribution is -0.137. The minimum absolute atomic E-state index is 0.0275. The molecule has 0 aliphatic carbocycles. The lowest BCUT2D eigenvalue weighted by Gasteiger charge is -2.39. The van der Waals surface area contributed by atoms with Crippen molar-refractivity contribution in [2.24, 2.45) is 0 Å². The Labute approximate surface area is 130 Å². The zero-order valence-electron chi connectivity index (χ0n) is 13.1. The maximum Gasteiger partial charge on any atom is 0.223 e. The summed E-state index contributed by atoms with van der Waals surface area (Å²) in [5.74, 6) is 1.64. The molecule has 5 nitrogen and oxygen atoms in total. The molecule has 22 heavy (non-hydrogen) atoms. The van der Waals surface area contributed by atoms with E-state index in [1.807, 2.05) is 17.0 Å². The molecule has 1 atom stereocenters. The maximum atomic E-state index is 12.4. The number of Topliss-reactive ketones (excluding diaryl/α,β-unsaturated/α-hetero) is 1. The standard InChI is InChI=1S/C17H21NO4/c1-21-15-9-11-7-8-18-14(13(11)10-16(15)22-2)5-3-12(19)4-6-17(18)20/h9-10,14H,3-8H2,1-2H3/t14-/m0/s1. The molecular formula is C17H21NO4. The number of hydrogen-bond acceptors (Lipinski definition) is 4. The maximum absolute atomic E-state index is 12.4. The molecule has 0 saturated carbocycles. The second-order valence-corrected chi connectivity index (χ2v) is 5.84. The summed E-state index contributed by atoms with van der Waals surface area (Å²) in [6.07, 6.45) is 2.74. The zero-order chi connectivity index (χ0) is 15.7. The molecule has 1 saturated heterocycles. The highest BCUT2D eigenvalue weighted by atomic mass is 16.5. The van der Waals surface area contributed by atoms with Crippen LogP contribution in [0.3, 0.4) is 0 Å². The first-order chi connectivity index (χ1) is 10.6. The molecule has 3 rings (SSSR count). The lowest BCUT2D eigenvalue weighted by atomic mass is 9.87. The second kappa shape index (κ2) is 5.99. The Morgan fingerprint density at radius 2 is 1.73 bits per heavy atom. The van der Waals surface area contributed by atoms with Gasteiger partial charge in [0.25, 0.3) is 0 Å². The first-order valence-electron chi connectivity index (χ1n) is 7.70. The number of fused-ring (bicyclic) bond motifs is 3. The van der Waals surface area contributed by atoms with Crippen molar-refractivity contribution in [1.29, 1.82) is 0 Å². The lowest BCUT2D eigenvalue weighted by Crippen LogP contribution is -2.41. The van der Waals surface area contributed by atoms with Gasteiger partial charge in [0.2, 0.25) is 5.91 Å². The average Bonchev–Trinajstić information content (AvgIpc) is 2.54. The first-order valence-corrected chi connectivity index (χ1v) is 7.70. The van der Waals surface area contributed by atoms with E-state index in [9.17, 15) is 9.59 Å². The van der Waals surface area contributed by atoms with Crippen LogP contribution in [0.15, 0.2) is 12.1 Å². The van der Waals surface area contributed by atoms with Gasteiger partial charge in [0.1, 0.15) is 5.78 Å². The van der Waals surface area contributed by atoms with Crippen molar-refractivity contribution in [1.82, 2.24) is 4.90 Å². The molecule has 2 aliphatic heterocycles. The summed E-state index contributed by atoms with van der Waals surface area (Å²) in [6.45, 7) is 0.709. The van der Waals surface area contributed by atoms with E-state index in [0.717, 1.165) is 12.0 Å². The minimum Gasteiger partial charge on any atom is -0.493 e. The van der Waals surface area contributed by atoms with Gasteiger partial charge in [-0.05, 0) is 36.1 Å². The van der Waals surface area contributed by atoms with Gasteiger partial charge >= 0.3 is 0 Å². The van der Waals surface area contributed by atoms with Crippen LogP contribution < -0.4 is 9.47 Å². The van der Waals surface area contributed by atoms with E-state index >= 15 is 0 Å². The van der Waals surface area contributed by atoms with E-state index < -0.39 is 0 Å². The predicted octanol–water partition coefficient (Wildman–Crippen LogP) is 2.27. The third kappa shape index (κ3) is 2.56. The molecule has 1 aromatic carbocycles. The summed E-state index contributed by atoms with van der Waals surface area (Å²) in [4.78, 5) is 26.1. The van der Waals surface area contributed by atoms with Crippen molar-refractivity contribution >= 4 is 11.7 Å². The largest absolute Gasteiger partial charge is 0.493 e. The molecule has 0 bridgehead atoms. The molecule has 0 unspecified atom stereocenters. The minimum atomic E-state index is -0.0275. The number of carbonyl (C=O) groups excluding carboxylic acids is 2. The van der Waals surface area contributed by atoms with Crippen LogP contribution in [-0.2, 0) is 16.0 Å². The van der Waals surface area contributed by atoms with Crippen LogP contribution in [0, 0.1) is 0 Å². The summed E-state index contributed by atoms with van der Waals surface area (Å²) >= 11 is 0. The highest BCUT2D eigenvalue weighted by Crippen LogP contribution is 2.40. The van der Waals surface area contributed by atoms with Crippen LogP contribution in [0.5, 0.6) is 11.5 Å². The van der Waals surface area contributed by atoms with Crippen molar-refractivity contribution < 1.29 is 19.1 Å². The molecule has 118 valence electrons. The Morgan fingerprint density at radius 3 is 2.45 bits per heavy atom. The van der Waals surface area contributed by atoms with Crippen molar-refractivity contribution in [3.8, 4) is 11.5 Å². The van der Waals surface area contributed by atoms with Crippen molar-refractivity contribution in [2.45, 2.75) is 38.1 Å². The van der Waals surface area contributed by atoms with E-state index in [2.05, 4.69) is 0 Å². The van der Waals surface area contributed by atoms with E-state index in [4.69, 9.17) is 9.47 Å². The van der Waals surface area contributed by atoms with E-state index in [1.54, 1.807) is 14.2 Å². The second-order valence-electron chi connectivity index (χ2n) is 5.84. The van der Waals surface area contributed by atoms with Gasteiger partial charge in [-0.15, -0.1) is 0 Å². The molecular weight excluding hydrogens is 282 g/mol. The molecule has 1 aromatic rings. The molecule has 0 spiro atoms. The predicted molar refractivity (Wildman–Crippen MR) is 81.2 cm³/mol. The Kier molecular flexibility index (Phi) is 4.05. The Morgan fingerprint density at radius 1 is 1.00 bits per heavy atom. The normalized spacial score (nSPS) is 21.5. The monoisotopic (exact) mass is 303 g/mol. The van der Waals surface area contributed by atoms with Gasteiger partial charge in [-0.3, -0.25) is 9.59 Å². The highest BCUT2D eigenvalue weighted by molar-refractivity contribution is 5.86. The molecule has 5 heteroatoms. The van der Waals surface area contributed by atoms with Crippen LogP contribution in [-0.4, -0.2) is 37.4 Å². The molecule has 0 N–H and O–H groups in total. The molecule has 1 fully saturated rings. The van der Waals surface area contributed by atoms with Gasteiger partial charge < -0.3 is 14.4 Å². The van der Waals surface area contributed by atoms with E-state index in [0.29, 0.717) is 43.7 Å². The van der Waals surface area contributed by atoms with Crippen LogP contribution in [0.4, 0.5) is 0 Å². The number of benzene rings is 1. The van der Waals surface area contributed by atoms with Gasteiger partial charge in [-0.2, -0.15) is 0 Å². The zero-order valence-corrected chi connectivity index (χ0v) is 13.1. The van der Waals surface area contributed by atoms with Gasteiger partial charge in [0.15, 0.2) is 11.5 Å². The van der Waals surface area contributed by atoms with Crippen molar-refractivity contribution in [3.63, 3.8) is 0 Å². The summed E-state index contributed by atoms with van der Waals surface area (Å²) in [7, 11) is 3.23. The van der Waals surface area contributed by atoms with Gasteiger partial charge in [-0.1, -0.05) is 0 Å². The van der Waals surface area contributed by atoms with Crippen LogP contribution in [0.2, 0.25) is 0 Å². The summed E-state index contributed by atoms with van der Waals surface area (Å²) in [5, 5.41) is 0. The fourth-order valence-electron chi connectivity index (χ4n) is 3.45. The number of rotatable bonds is 2. The summed E-state index contributed by atoms with van der Waals surface area (Å²) in [5.41, 5.74) is 2.27. The number of ketones is 1. The summed E-state index contributed by atoms with van der Waals surface area (Å²) < 4.78 is 10.8. The fraction of sp³-hybridized carbons (Fsp3) is 0.529. The highest BCUT2D eigenvalue weighted by Gasteiger charge is 2.33. The molecule has 2 aliphatic rings. The van der Waals surface area contributed by atoms with Gasteiger partial charge in [-0.25, -0.2) is 0 Å². The number of hydrogen-bond donors (Lipinski definition) is 0. The molecule has 1 amide bonds. The number of nitrogens with zero attached hydrogens (tertiary/aromatic N) is 1. The fourth-order valence-corrected chi connectivity index (χ4v) is 3.45. The van der Waals surface area contributed by atoms with E-state index in [1.165, 1.54) is 5.56 Å². The summed E-state index contributed by atoms with van der Waals surface area (Å²) in [6, 6.07) is 3.93. The van der Waals surface area contributed by atoms with Crippen LogP contribution in [0.25, 0.3) is 0 Å². The van der Waals surface area contributed by atoms with Crippen LogP contribution >= 0.6 is 0 Å². The Hall–Kier alpha value is -2.04. The Bertz CT molecular complexity index is 611. The average molecular weight is 303 g/mol. The van der Waals surface area contributed by atoms with Gasteiger partial charge in [0, 0.05) is 25.8 Å². The molecule has 0 radical (unpaired) electrons. The van der Waals surface area contributed by atoms with E-state index in [-0.39, 0.29) is 17.7 Å². The first kappa shape index (κ1) is 14.9. The number of amides is 1. The van der Waals surface area contributed by atoms with Crippen LogP contribution in [0.1, 0.15) is 42.9 Å². The topological polar surface area (TPSA) is 55.8 Å². The molecule has 0 aromatic heterocycles.